The predicted molar refractivity (Wildman–Crippen MR) is 170 cm³/mol. The van der Waals surface area contributed by atoms with Crippen molar-refractivity contribution in [1.82, 2.24) is 0 Å². The normalized spacial score (nSPS) is 17.9. The molecule has 1 heterocycles. The molecule has 0 saturated carbocycles. The summed E-state index contributed by atoms with van der Waals surface area (Å²) in [5, 5.41) is 22.0. The number of allylic oxidation sites excluding steroid dienone is 3. The van der Waals surface area contributed by atoms with Crippen LogP contribution in [0.15, 0.2) is 81.7 Å². The van der Waals surface area contributed by atoms with Crippen molar-refractivity contribution in [2.45, 2.75) is 53.1 Å². The highest BCUT2D eigenvalue weighted by Gasteiger charge is 2.45. The molecule has 8 nitrogen and oxygen atoms in total. The van der Waals surface area contributed by atoms with E-state index in [0.717, 1.165) is 32.5 Å². The molecule has 1 atom stereocenters. The molecule has 1 unspecified atom stereocenters. The molecule has 0 amide bonds. The molecule has 0 fully saturated rings. The SMILES string of the molecule is Cc1cc(COc2ccc(Br)cc2)c(C)c(C2C(C#N)=C(N)N(c3ccc([N+](=O)[O-])cc3Cl)C3=C2C(=O)CC(C)(C)C3)c1. The molecule has 3 aromatic carbocycles. The van der Waals surface area contributed by atoms with Crippen molar-refractivity contribution in [2.75, 3.05) is 4.90 Å². The third-order valence-corrected chi connectivity index (χ3v) is 8.81. The molecule has 2 aliphatic rings. The van der Waals surface area contributed by atoms with Gasteiger partial charge in [-0.25, -0.2) is 0 Å². The average molecular weight is 662 g/mol. The van der Waals surface area contributed by atoms with Gasteiger partial charge in [0.1, 0.15) is 18.2 Å². The minimum Gasteiger partial charge on any atom is -0.489 e. The number of nitro benzene ring substituents is 1. The molecule has 0 radical (unpaired) electrons. The van der Waals surface area contributed by atoms with Crippen LogP contribution in [0.25, 0.3) is 0 Å². The Morgan fingerprint density at radius 1 is 1.16 bits per heavy atom. The summed E-state index contributed by atoms with van der Waals surface area (Å²) < 4.78 is 7.05. The number of halogens is 2. The molecule has 220 valence electrons. The first-order chi connectivity index (χ1) is 20.3. The first-order valence-electron chi connectivity index (χ1n) is 13.7. The Labute approximate surface area is 263 Å². The number of non-ortho nitro benzene ring substituents is 1. The van der Waals surface area contributed by atoms with Crippen molar-refractivity contribution in [2.24, 2.45) is 11.1 Å². The second-order valence-corrected chi connectivity index (χ2v) is 13.1. The second-order valence-electron chi connectivity index (χ2n) is 11.8. The number of ketones is 1. The number of benzene rings is 3. The van der Waals surface area contributed by atoms with Gasteiger partial charge in [0.25, 0.3) is 5.69 Å². The number of aryl methyl sites for hydroxylation is 1. The molecule has 3 aromatic rings. The fourth-order valence-corrected chi connectivity index (χ4v) is 6.51. The molecular weight excluding hydrogens is 632 g/mol. The van der Waals surface area contributed by atoms with Crippen LogP contribution >= 0.6 is 27.5 Å². The summed E-state index contributed by atoms with van der Waals surface area (Å²) >= 11 is 10.0. The molecule has 5 rings (SSSR count). The quantitative estimate of drug-likeness (QED) is 0.209. The van der Waals surface area contributed by atoms with Crippen LogP contribution < -0.4 is 15.4 Å². The van der Waals surface area contributed by atoms with Crippen molar-refractivity contribution in [3.05, 3.63) is 119 Å². The standard InChI is InChI=1S/C33H30BrClN4O4/c1-18-11-20(17-43-23-8-5-21(34)6-9-23)19(2)24(12-18)30-25(16-36)32(37)38(27-10-7-22(39(41)42)13-26(27)35)28-14-33(3,4)15-29(40)31(28)30/h5-13,30H,14-15,17,37H2,1-4H3. The summed E-state index contributed by atoms with van der Waals surface area (Å²) in [6, 6.07) is 18.0. The highest BCUT2D eigenvalue weighted by Crippen LogP contribution is 2.52. The summed E-state index contributed by atoms with van der Waals surface area (Å²) in [6.07, 6.45) is 0.787. The number of anilines is 1. The number of hydrogen-bond acceptors (Lipinski definition) is 7. The molecule has 0 saturated heterocycles. The lowest BCUT2D eigenvalue weighted by molar-refractivity contribution is -0.384. The van der Waals surface area contributed by atoms with Crippen molar-refractivity contribution in [3.63, 3.8) is 0 Å². The van der Waals surface area contributed by atoms with E-state index in [9.17, 15) is 20.2 Å². The van der Waals surface area contributed by atoms with Crippen LogP contribution in [0.1, 0.15) is 54.9 Å². The lowest BCUT2D eigenvalue weighted by Crippen LogP contribution is -2.42. The maximum Gasteiger partial charge on any atom is 0.271 e. The number of nitro groups is 1. The van der Waals surface area contributed by atoms with Gasteiger partial charge in [0.15, 0.2) is 5.78 Å². The monoisotopic (exact) mass is 660 g/mol. The molecular formula is C33H30BrClN4O4. The Balaban J connectivity index is 1.68. The fraction of sp³-hybridized carbons (Fsp3) is 0.273. The Morgan fingerprint density at radius 2 is 1.86 bits per heavy atom. The number of Topliss-reactive ketones (excluding diaryl/α,β-unsaturated/α-hetero) is 1. The Kier molecular flexibility index (Phi) is 8.12. The van der Waals surface area contributed by atoms with Crippen LogP contribution in [0.4, 0.5) is 11.4 Å². The van der Waals surface area contributed by atoms with Gasteiger partial charge in [-0.2, -0.15) is 5.26 Å². The zero-order valence-electron chi connectivity index (χ0n) is 24.2. The highest BCUT2D eigenvalue weighted by atomic mass is 79.9. The van der Waals surface area contributed by atoms with Crippen LogP contribution in [0.2, 0.25) is 5.02 Å². The third kappa shape index (κ3) is 5.77. The van der Waals surface area contributed by atoms with Gasteiger partial charge in [-0.15, -0.1) is 0 Å². The van der Waals surface area contributed by atoms with E-state index in [4.69, 9.17) is 22.1 Å². The Morgan fingerprint density at radius 3 is 2.49 bits per heavy atom. The van der Waals surface area contributed by atoms with Crippen molar-refractivity contribution < 1.29 is 14.5 Å². The van der Waals surface area contributed by atoms with E-state index in [0.29, 0.717) is 36.4 Å². The first-order valence-corrected chi connectivity index (χ1v) is 14.9. The number of nitrogens with two attached hydrogens (primary N) is 1. The number of hydrogen-bond donors (Lipinski definition) is 1. The molecule has 10 heteroatoms. The molecule has 2 N–H and O–H groups in total. The smallest absolute Gasteiger partial charge is 0.271 e. The number of nitriles is 1. The summed E-state index contributed by atoms with van der Waals surface area (Å²) in [7, 11) is 0. The van der Waals surface area contributed by atoms with Gasteiger partial charge in [0.05, 0.1) is 33.2 Å². The zero-order valence-corrected chi connectivity index (χ0v) is 26.5. The predicted octanol–water partition coefficient (Wildman–Crippen LogP) is 8.15. The lowest BCUT2D eigenvalue weighted by Gasteiger charge is -2.44. The molecule has 1 aliphatic heterocycles. The van der Waals surface area contributed by atoms with E-state index in [1.165, 1.54) is 18.2 Å². The topological polar surface area (TPSA) is 122 Å². The number of nitrogens with zero attached hydrogens (tertiary/aromatic N) is 3. The van der Waals surface area contributed by atoms with Crippen LogP contribution in [0.3, 0.4) is 0 Å². The molecule has 0 bridgehead atoms. The van der Waals surface area contributed by atoms with Gasteiger partial charge in [-0.1, -0.05) is 59.1 Å². The minimum atomic E-state index is -0.692. The first kappa shape index (κ1) is 30.3. The second kappa shape index (κ2) is 11.5. The largest absolute Gasteiger partial charge is 0.489 e. The van der Waals surface area contributed by atoms with E-state index in [-0.39, 0.29) is 33.3 Å². The number of ether oxygens (including phenoxy) is 1. The van der Waals surface area contributed by atoms with Crippen molar-refractivity contribution in [1.29, 1.82) is 5.26 Å². The van der Waals surface area contributed by atoms with Crippen molar-refractivity contribution in [3.8, 4) is 11.8 Å². The summed E-state index contributed by atoms with van der Waals surface area (Å²) in [5.41, 5.74) is 11.6. The van der Waals surface area contributed by atoms with Gasteiger partial charge in [0, 0.05) is 34.3 Å². The third-order valence-electron chi connectivity index (χ3n) is 7.98. The summed E-state index contributed by atoms with van der Waals surface area (Å²) in [5.74, 6) is 0.0904. The molecule has 0 spiro atoms. The van der Waals surface area contributed by atoms with Crippen LogP contribution in [-0.2, 0) is 11.4 Å². The molecule has 0 aromatic heterocycles. The number of carbonyl (C=O) groups excluding carboxylic acids is 1. The van der Waals surface area contributed by atoms with Gasteiger partial charge < -0.3 is 10.5 Å². The van der Waals surface area contributed by atoms with E-state index in [2.05, 4.69) is 22.0 Å². The van der Waals surface area contributed by atoms with Gasteiger partial charge >= 0.3 is 0 Å². The number of rotatable bonds is 6. The minimum absolute atomic E-state index is 0.0758. The maximum atomic E-state index is 14.0. The van der Waals surface area contributed by atoms with E-state index < -0.39 is 10.8 Å². The Bertz CT molecular complexity index is 1770. The average Bonchev–Trinajstić information content (AvgIpc) is 2.93. The van der Waals surface area contributed by atoms with E-state index >= 15 is 0 Å². The summed E-state index contributed by atoms with van der Waals surface area (Å²) in [4.78, 5) is 26.5. The van der Waals surface area contributed by atoms with Crippen LogP contribution in [0, 0.1) is 40.7 Å². The maximum absolute atomic E-state index is 14.0. The van der Waals surface area contributed by atoms with Gasteiger partial charge in [-0.05, 0) is 72.7 Å². The van der Waals surface area contributed by atoms with Crippen LogP contribution in [-0.4, -0.2) is 10.7 Å². The van der Waals surface area contributed by atoms with Gasteiger partial charge in [-0.3, -0.25) is 19.8 Å². The van der Waals surface area contributed by atoms with Crippen molar-refractivity contribution >= 4 is 44.7 Å². The number of carbonyl (C=O) groups is 1. The molecule has 43 heavy (non-hydrogen) atoms. The zero-order chi connectivity index (χ0) is 31.2. The van der Waals surface area contributed by atoms with Gasteiger partial charge in [0.2, 0.25) is 0 Å². The Hall–Kier alpha value is -4.13. The summed E-state index contributed by atoms with van der Waals surface area (Å²) in [6.45, 7) is 8.26. The molecule has 1 aliphatic carbocycles. The van der Waals surface area contributed by atoms with Crippen LogP contribution in [0.5, 0.6) is 5.75 Å². The lowest BCUT2D eigenvalue weighted by atomic mass is 9.68. The highest BCUT2D eigenvalue weighted by molar-refractivity contribution is 9.10. The van der Waals surface area contributed by atoms with E-state index in [1.54, 1.807) is 4.90 Å². The fourth-order valence-electron chi connectivity index (χ4n) is 5.99. The van der Waals surface area contributed by atoms with E-state index in [1.807, 2.05) is 64.1 Å².